The summed E-state index contributed by atoms with van der Waals surface area (Å²) in [6.07, 6.45) is 3.37. The average molecular weight is 671 g/mol. The van der Waals surface area contributed by atoms with E-state index in [9.17, 15) is 14.4 Å². The highest BCUT2D eigenvalue weighted by Crippen LogP contribution is 2.48. The number of benzene rings is 2. The minimum Gasteiger partial charge on any atom is -0.481 e. The number of halogens is 1. The van der Waals surface area contributed by atoms with Gasteiger partial charge in [-0.15, -0.1) is 11.3 Å². The molecule has 8 nitrogen and oxygen atoms in total. The van der Waals surface area contributed by atoms with Crippen molar-refractivity contribution in [1.29, 1.82) is 0 Å². The van der Waals surface area contributed by atoms with Crippen molar-refractivity contribution in [3.63, 3.8) is 0 Å². The van der Waals surface area contributed by atoms with Crippen molar-refractivity contribution in [2.45, 2.75) is 59.5 Å². The Kier molecular flexibility index (Phi) is 10.6. The number of rotatable bonds is 11. The molecule has 4 rings (SSSR count). The maximum atomic E-state index is 12.7. The maximum Gasteiger partial charge on any atom is 0.351 e. The molecule has 0 spiro atoms. The molecule has 0 unspecified atom stereocenters. The van der Waals surface area contributed by atoms with Crippen LogP contribution in [0.15, 0.2) is 59.1 Å². The van der Waals surface area contributed by atoms with Gasteiger partial charge in [-0.25, -0.2) is 4.79 Å². The molecule has 1 heterocycles. The fourth-order valence-electron chi connectivity index (χ4n) is 6.10. The zero-order chi connectivity index (χ0) is 31.2. The van der Waals surface area contributed by atoms with Gasteiger partial charge in [-0.3, -0.25) is 9.59 Å². The molecule has 0 bridgehead atoms. The predicted molar refractivity (Wildman–Crippen MR) is 174 cm³/mol. The summed E-state index contributed by atoms with van der Waals surface area (Å²) in [5.41, 5.74) is 3.38. The molecule has 230 valence electrons. The molecule has 0 aliphatic heterocycles. The summed E-state index contributed by atoms with van der Waals surface area (Å²) in [7, 11) is 1.30. The Balaban J connectivity index is 1.42. The van der Waals surface area contributed by atoms with Gasteiger partial charge >= 0.3 is 5.97 Å². The van der Waals surface area contributed by atoms with E-state index in [0.29, 0.717) is 17.1 Å². The van der Waals surface area contributed by atoms with E-state index in [0.717, 1.165) is 34.5 Å². The number of hydrogen-bond donors (Lipinski definition) is 3. The Bertz CT molecular complexity index is 1440. The molecule has 3 N–H and O–H groups in total. The smallest absolute Gasteiger partial charge is 0.351 e. The highest BCUT2D eigenvalue weighted by atomic mass is 79.9. The van der Waals surface area contributed by atoms with Crippen molar-refractivity contribution < 1.29 is 23.9 Å². The zero-order valence-electron chi connectivity index (χ0n) is 25.3. The summed E-state index contributed by atoms with van der Waals surface area (Å²) < 4.78 is 11.4. The van der Waals surface area contributed by atoms with E-state index in [1.807, 2.05) is 42.5 Å². The molecule has 0 atom stereocenters. The van der Waals surface area contributed by atoms with Crippen molar-refractivity contribution >= 4 is 50.7 Å². The second-order valence-corrected chi connectivity index (χ2v) is 14.4. The second kappa shape index (κ2) is 13.9. The van der Waals surface area contributed by atoms with Crippen LogP contribution in [0.5, 0.6) is 5.75 Å². The van der Waals surface area contributed by atoms with E-state index < -0.39 is 11.9 Å². The van der Waals surface area contributed by atoms with Gasteiger partial charge in [0.2, 0.25) is 5.91 Å². The van der Waals surface area contributed by atoms with E-state index >= 15 is 0 Å². The number of anilines is 1. The first-order valence-electron chi connectivity index (χ1n) is 14.3. The molecule has 1 aromatic heterocycles. The Morgan fingerprint density at radius 3 is 2.33 bits per heavy atom. The van der Waals surface area contributed by atoms with Gasteiger partial charge in [0.25, 0.3) is 5.91 Å². The van der Waals surface area contributed by atoms with Gasteiger partial charge in [0.15, 0.2) is 17.2 Å². The summed E-state index contributed by atoms with van der Waals surface area (Å²) in [5.74, 6) is -1.14. The number of carbonyl (C=O) groups is 3. The summed E-state index contributed by atoms with van der Waals surface area (Å²) in [4.78, 5) is 38.4. The van der Waals surface area contributed by atoms with Gasteiger partial charge in [0, 0.05) is 18.3 Å². The molecule has 0 radical (unpaired) electrons. The first-order chi connectivity index (χ1) is 20.4. The average Bonchev–Trinajstić information content (AvgIpc) is 3.28. The van der Waals surface area contributed by atoms with Crippen LogP contribution in [-0.2, 0) is 20.9 Å². The quantitative estimate of drug-likeness (QED) is 0.194. The standard InChI is InChI=1S/C33H40BrN3O5S/c1-32(2)15-24(16-33(3,4)20-32)37-23-13-9-12-22(14-23)29-27(34)28(30(43-29)31(40)41-5)42-19-26(39)36-18-25(38)35-17-21-10-7-6-8-11-21/h6-14,24,37H,15-20H2,1-5H3,(H,35,38)(H,36,39). The molecule has 1 saturated carbocycles. The Morgan fingerprint density at radius 2 is 1.65 bits per heavy atom. The van der Waals surface area contributed by atoms with E-state index in [1.54, 1.807) is 0 Å². The number of amides is 2. The van der Waals surface area contributed by atoms with Crippen LogP contribution in [0.1, 0.15) is 62.2 Å². The lowest BCUT2D eigenvalue weighted by Crippen LogP contribution is -2.40. The number of ether oxygens (including phenoxy) is 2. The van der Waals surface area contributed by atoms with Crippen LogP contribution in [0.4, 0.5) is 5.69 Å². The third-order valence-corrected chi connectivity index (χ3v) is 9.58. The van der Waals surface area contributed by atoms with E-state index in [1.165, 1.54) is 24.9 Å². The minimum atomic E-state index is -0.561. The summed E-state index contributed by atoms with van der Waals surface area (Å²) in [6.45, 7) is 9.13. The number of nitrogens with one attached hydrogen (secondary N) is 3. The van der Waals surface area contributed by atoms with Crippen molar-refractivity contribution in [3.05, 3.63) is 69.5 Å². The molecule has 1 fully saturated rings. The Labute approximate surface area is 266 Å². The Hall–Kier alpha value is -3.37. The van der Waals surface area contributed by atoms with Crippen LogP contribution >= 0.6 is 27.3 Å². The largest absolute Gasteiger partial charge is 0.481 e. The van der Waals surface area contributed by atoms with Gasteiger partial charge in [0.05, 0.1) is 23.0 Å². The van der Waals surface area contributed by atoms with Gasteiger partial charge in [-0.2, -0.15) is 0 Å². The summed E-state index contributed by atoms with van der Waals surface area (Å²) in [5, 5.41) is 9.06. The molecule has 2 amide bonds. The van der Waals surface area contributed by atoms with Gasteiger partial charge in [0.1, 0.15) is 0 Å². The third kappa shape index (κ3) is 9.06. The number of carbonyl (C=O) groups excluding carboxylic acids is 3. The van der Waals surface area contributed by atoms with Gasteiger partial charge < -0.3 is 25.4 Å². The van der Waals surface area contributed by atoms with Crippen molar-refractivity contribution in [3.8, 4) is 16.2 Å². The third-order valence-electron chi connectivity index (χ3n) is 7.36. The van der Waals surface area contributed by atoms with Crippen LogP contribution in [0.2, 0.25) is 0 Å². The lowest BCUT2D eigenvalue weighted by molar-refractivity contribution is -0.127. The van der Waals surface area contributed by atoms with Crippen molar-refractivity contribution in [2.24, 2.45) is 10.8 Å². The van der Waals surface area contributed by atoms with E-state index in [4.69, 9.17) is 9.47 Å². The predicted octanol–water partition coefficient (Wildman–Crippen LogP) is 6.79. The molecule has 1 aliphatic rings. The lowest BCUT2D eigenvalue weighted by Gasteiger charge is -2.45. The van der Waals surface area contributed by atoms with Crippen LogP contribution in [0.3, 0.4) is 0 Å². The first-order valence-corrected chi connectivity index (χ1v) is 15.9. The number of hydrogen-bond acceptors (Lipinski definition) is 7. The van der Waals surface area contributed by atoms with Crippen LogP contribution in [0, 0.1) is 10.8 Å². The van der Waals surface area contributed by atoms with Crippen molar-refractivity contribution in [1.82, 2.24) is 10.6 Å². The summed E-state index contributed by atoms with van der Waals surface area (Å²) in [6, 6.07) is 17.9. The fraction of sp³-hybridized carbons (Fsp3) is 0.424. The topological polar surface area (TPSA) is 106 Å². The minimum absolute atomic E-state index is 0.190. The van der Waals surface area contributed by atoms with Gasteiger partial charge in [-0.05, 0) is 69.3 Å². The fourth-order valence-corrected chi connectivity index (χ4v) is 8.07. The molecule has 10 heteroatoms. The monoisotopic (exact) mass is 669 g/mol. The SMILES string of the molecule is COC(=O)c1sc(-c2cccc(NC3CC(C)(C)CC(C)(C)C3)c2)c(Br)c1OCC(=O)NCC(=O)NCc1ccccc1. The molecule has 3 aromatic rings. The Morgan fingerprint density at radius 1 is 0.953 bits per heavy atom. The van der Waals surface area contributed by atoms with Crippen LogP contribution in [0.25, 0.3) is 10.4 Å². The highest BCUT2D eigenvalue weighted by molar-refractivity contribution is 9.10. The van der Waals surface area contributed by atoms with E-state index in [2.05, 4.69) is 71.7 Å². The van der Waals surface area contributed by atoms with Gasteiger partial charge in [-0.1, -0.05) is 70.2 Å². The lowest BCUT2D eigenvalue weighted by atomic mass is 9.63. The molecule has 1 aliphatic carbocycles. The first kappa shape index (κ1) is 32.5. The van der Waals surface area contributed by atoms with E-state index in [-0.39, 0.29) is 40.5 Å². The molecule has 0 saturated heterocycles. The second-order valence-electron chi connectivity index (χ2n) is 12.6. The number of thiophene rings is 1. The number of esters is 1. The normalized spacial score (nSPS) is 15.8. The highest BCUT2D eigenvalue weighted by Gasteiger charge is 2.38. The zero-order valence-corrected chi connectivity index (χ0v) is 27.7. The van der Waals surface area contributed by atoms with Crippen molar-refractivity contribution in [2.75, 3.05) is 25.6 Å². The van der Waals surface area contributed by atoms with Crippen LogP contribution in [-0.4, -0.2) is 44.1 Å². The molecular formula is C33H40BrN3O5S. The van der Waals surface area contributed by atoms with Crippen LogP contribution < -0.4 is 20.7 Å². The summed E-state index contributed by atoms with van der Waals surface area (Å²) >= 11 is 4.84. The molecule has 2 aromatic carbocycles. The maximum absolute atomic E-state index is 12.7. The molecule has 43 heavy (non-hydrogen) atoms. The molecular weight excluding hydrogens is 630 g/mol. The number of methoxy groups -OCH3 is 1.